The average Bonchev–Trinajstić information content (AvgIpc) is 2.41. The van der Waals surface area contributed by atoms with Crippen LogP contribution in [0.5, 0.6) is 0 Å². The van der Waals surface area contributed by atoms with E-state index in [4.69, 9.17) is 0 Å². The molecule has 2 aliphatic rings. The summed E-state index contributed by atoms with van der Waals surface area (Å²) in [5.74, 6) is 0.345. The molecule has 2 rings (SSSR count). The van der Waals surface area contributed by atoms with Gasteiger partial charge in [0, 0.05) is 13.0 Å². The molecule has 1 aliphatic carbocycles. The molecule has 1 saturated carbocycles. The summed E-state index contributed by atoms with van der Waals surface area (Å²) >= 11 is 0. The van der Waals surface area contributed by atoms with Crippen molar-refractivity contribution in [2.75, 3.05) is 13.1 Å². The second kappa shape index (κ2) is 7.99. The van der Waals surface area contributed by atoms with E-state index in [1.165, 1.54) is 6.92 Å². The van der Waals surface area contributed by atoms with Gasteiger partial charge >= 0.3 is 0 Å². The Morgan fingerprint density at radius 1 is 1.19 bits per heavy atom. The molecule has 0 radical (unpaired) electrons. The van der Waals surface area contributed by atoms with Gasteiger partial charge in [-0.25, -0.2) is 0 Å². The summed E-state index contributed by atoms with van der Waals surface area (Å²) in [7, 11) is 0. The van der Waals surface area contributed by atoms with Gasteiger partial charge in [-0.3, -0.25) is 9.59 Å². The Morgan fingerprint density at radius 3 is 2.43 bits per heavy atom. The van der Waals surface area contributed by atoms with Crippen LogP contribution in [0.1, 0.15) is 52.4 Å². The predicted molar refractivity (Wildman–Crippen MR) is 85.5 cm³/mol. The topological polar surface area (TPSA) is 70.2 Å². The van der Waals surface area contributed by atoms with Crippen LogP contribution in [-0.4, -0.2) is 36.5 Å². The van der Waals surface area contributed by atoms with Gasteiger partial charge < -0.3 is 16.0 Å². The summed E-state index contributed by atoms with van der Waals surface area (Å²) in [5.41, 5.74) is -0.672. The fourth-order valence-corrected chi connectivity index (χ4v) is 3.44. The number of hydrogen-bond donors (Lipinski definition) is 3. The Kier molecular flexibility index (Phi) is 6.94. The first-order valence-corrected chi connectivity index (χ1v) is 7.84. The van der Waals surface area contributed by atoms with E-state index in [0.717, 1.165) is 51.6 Å². The van der Waals surface area contributed by atoms with Crippen molar-refractivity contribution in [2.45, 2.75) is 64.0 Å². The lowest BCUT2D eigenvalue weighted by Crippen LogP contribution is -2.62. The average molecular weight is 318 g/mol. The zero-order valence-corrected chi connectivity index (χ0v) is 13.9. The monoisotopic (exact) mass is 317 g/mol. The van der Waals surface area contributed by atoms with Crippen molar-refractivity contribution in [3.63, 3.8) is 0 Å². The fraction of sp³-hybridized carbons (Fsp3) is 0.867. The molecule has 6 heteroatoms. The second-order valence-electron chi connectivity index (χ2n) is 6.37. The number of amides is 2. The minimum Gasteiger partial charge on any atom is -0.351 e. The molecule has 2 atom stereocenters. The van der Waals surface area contributed by atoms with Crippen LogP contribution >= 0.6 is 12.4 Å². The second-order valence-corrected chi connectivity index (χ2v) is 6.37. The first-order valence-electron chi connectivity index (χ1n) is 7.84. The number of piperidine rings is 1. The van der Waals surface area contributed by atoms with E-state index in [2.05, 4.69) is 22.9 Å². The third-order valence-corrected chi connectivity index (χ3v) is 4.66. The molecule has 0 aromatic rings. The minimum atomic E-state index is -0.672. The molecular formula is C15H28ClN3O2. The number of carbonyl (C=O) groups excluding carboxylic acids is 2. The molecule has 1 aliphatic heterocycles. The molecule has 21 heavy (non-hydrogen) atoms. The molecular weight excluding hydrogens is 290 g/mol. The van der Waals surface area contributed by atoms with Crippen molar-refractivity contribution in [1.29, 1.82) is 0 Å². The highest BCUT2D eigenvalue weighted by molar-refractivity contribution is 5.91. The largest absolute Gasteiger partial charge is 0.351 e. The summed E-state index contributed by atoms with van der Waals surface area (Å²) < 4.78 is 0. The Labute approximate surface area is 133 Å². The van der Waals surface area contributed by atoms with E-state index < -0.39 is 5.54 Å². The van der Waals surface area contributed by atoms with Crippen LogP contribution in [-0.2, 0) is 9.59 Å². The number of hydrogen-bond acceptors (Lipinski definition) is 3. The van der Waals surface area contributed by atoms with E-state index in [0.29, 0.717) is 5.92 Å². The maximum atomic E-state index is 12.7. The zero-order valence-electron chi connectivity index (χ0n) is 13.0. The van der Waals surface area contributed by atoms with Gasteiger partial charge in [0.25, 0.3) is 0 Å². The summed E-state index contributed by atoms with van der Waals surface area (Å²) in [6, 6.07) is 0.219. The van der Waals surface area contributed by atoms with Crippen LogP contribution < -0.4 is 16.0 Å². The van der Waals surface area contributed by atoms with Crippen molar-refractivity contribution in [1.82, 2.24) is 16.0 Å². The van der Waals surface area contributed by atoms with Gasteiger partial charge in [-0.05, 0) is 38.3 Å². The molecule has 3 N–H and O–H groups in total. The molecule has 2 fully saturated rings. The van der Waals surface area contributed by atoms with Crippen LogP contribution in [0.3, 0.4) is 0 Å². The molecule has 0 aromatic carbocycles. The number of halogens is 1. The highest BCUT2D eigenvalue weighted by atomic mass is 35.5. The highest BCUT2D eigenvalue weighted by Crippen LogP contribution is 2.29. The summed E-state index contributed by atoms with van der Waals surface area (Å²) in [6.45, 7) is 5.54. The number of rotatable bonds is 3. The van der Waals surface area contributed by atoms with Crippen molar-refractivity contribution in [2.24, 2.45) is 5.92 Å². The standard InChI is InChI=1S/C15H27N3O2.ClH/c1-11-10-16-9-6-13(11)17-14(20)15(18-12(2)19)7-4-3-5-8-15;/h11,13,16H,3-10H2,1-2H3,(H,17,20)(H,18,19);1H. The highest BCUT2D eigenvalue weighted by Gasteiger charge is 2.41. The molecule has 1 saturated heterocycles. The first-order chi connectivity index (χ1) is 9.53. The van der Waals surface area contributed by atoms with Gasteiger partial charge in [-0.1, -0.05) is 26.2 Å². The Hall–Kier alpha value is -0.810. The quantitative estimate of drug-likeness (QED) is 0.736. The van der Waals surface area contributed by atoms with Crippen molar-refractivity contribution in [3.8, 4) is 0 Å². The van der Waals surface area contributed by atoms with Gasteiger partial charge in [-0.15, -0.1) is 12.4 Å². The van der Waals surface area contributed by atoms with Gasteiger partial charge in [-0.2, -0.15) is 0 Å². The molecule has 2 unspecified atom stereocenters. The van der Waals surface area contributed by atoms with Crippen molar-refractivity contribution in [3.05, 3.63) is 0 Å². The van der Waals surface area contributed by atoms with Crippen molar-refractivity contribution >= 4 is 24.2 Å². The molecule has 122 valence electrons. The van der Waals surface area contributed by atoms with Crippen LogP contribution in [0.2, 0.25) is 0 Å². The number of carbonyl (C=O) groups is 2. The summed E-state index contributed by atoms with van der Waals surface area (Å²) in [6.07, 6.45) is 5.65. The van der Waals surface area contributed by atoms with E-state index in [9.17, 15) is 9.59 Å². The van der Waals surface area contributed by atoms with Crippen LogP contribution in [0, 0.1) is 5.92 Å². The minimum absolute atomic E-state index is 0. The normalized spacial score (nSPS) is 28.1. The summed E-state index contributed by atoms with van der Waals surface area (Å²) in [4.78, 5) is 24.2. The maximum Gasteiger partial charge on any atom is 0.245 e. The molecule has 1 heterocycles. The lowest BCUT2D eigenvalue weighted by atomic mass is 9.80. The third kappa shape index (κ3) is 4.58. The van der Waals surface area contributed by atoms with E-state index in [-0.39, 0.29) is 30.3 Å². The molecule has 5 nitrogen and oxygen atoms in total. The smallest absolute Gasteiger partial charge is 0.245 e. The SMILES string of the molecule is CC(=O)NC1(C(=O)NC2CCNCC2C)CCCCC1.Cl. The Bertz CT molecular complexity index is 370. The number of nitrogens with one attached hydrogen (secondary N) is 3. The predicted octanol–water partition coefficient (Wildman–Crippen LogP) is 1.36. The molecule has 0 aromatic heterocycles. The Morgan fingerprint density at radius 2 is 1.86 bits per heavy atom. The van der Waals surface area contributed by atoms with Crippen LogP contribution in [0.25, 0.3) is 0 Å². The lowest BCUT2D eigenvalue weighted by molar-refractivity contribution is -0.135. The van der Waals surface area contributed by atoms with Gasteiger partial charge in [0.2, 0.25) is 11.8 Å². The summed E-state index contributed by atoms with van der Waals surface area (Å²) in [5, 5.41) is 9.46. The lowest BCUT2D eigenvalue weighted by Gasteiger charge is -2.39. The fourth-order valence-electron chi connectivity index (χ4n) is 3.44. The van der Waals surface area contributed by atoms with E-state index >= 15 is 0 Å². The Balaban J connectivity index is 0.00000220. The van der Waals surface area contributed by atoms with Crippen LogP contribution in [0.15, 0.2) is 0 Å². The van der Waals surface area contributed by atoms with Gasteiger partial charge in [0.1, 0.15) is 5.54 Å². The van der Waals surface area contributed by atoms with Crippen molar-refractivity contribution < 1.29 is 9.59 Å². The van der Waals surface area contributed by atoms with Gasteiger partial charge in [0.15, 0.2) is 0 Å². The first kappa shape index (κ1) is 18.2. The zero-order chi connectivity index (χ0) is 14.6. The maximum absolute atomic E-state index is 12.7. The van der Waals surface area contributed by atoms with Crippen LogP contribution in [0.4, 0.5) is 0 Å². The van der Waals surface area contributed by atoms with E-state index in [1.807, 2.05) is 0 Å². The van der Waals surface area contributed by atoms with E-state index in [1.54, 1.807) is 0 Å². The molecule has 0 bridgehead atoms. The molecule has 2 amide bonds. The molecule has 0 spiro atoms. The third-order valence-electron chi connectivity index (χ3n) is 4.66. The van der Waals surface area contributed by atoms with Gasteiger partial charge in [0.05, 0.1) is 0 Å².